The molecule has 1 aromatic rings. The van der Waals surface area contributed by atoms with Gasteiger partial charge in [-0.2, -0.15) is 13.2 Å². The number of hydrogen-bond donors (Lipinski definition) is 2. The Bertz CT molecular complexity index is 419. The van der Waals surface area contributed by atoms with E-state index in [1.165, 1.54) is 25.3 Å². The van der Waals surface area contributed by atoms with Crippen molar-refractivity contribution in [3.05, 3.63) is 23.8 Å². The summed E-state index contributed by atoms with van der Waals surface area (Å²) in [6.45, 7) is -1.40. The molecule has 0 aliphatic heterocycles. The molecule has 17 heavy (non-hydrogen) atoms. The third-order valence-electron chi connectivity index (χ3n) is 1.98. The van der Waals surface area contributed by atoms with Gasteiger partial charge in [0.05, 0.1) is 18.4 Å². The zero-order valence-corrected chi connectivity index (χ0v) is 8.97. The molecule has 7 heteroatoms. The summed E-state index contributed by atoms with van der Waals surface area (Å²) < 4.78 is 40.6. The van der Waals surface area contributed by atoms with E-state index in [2.05, 4.69) is 0 Å². The Morgan fingerprint density at radius 2 is 2.12 bits per heavy atom. The first-order valence-electron chi connectivity index (χ1n) is 4.62. The Balaban J connectivity index is 2.83. The number of nitrogens with two attached hydrogens (primary N) is 1. The second-order valence-corrected chi connectivity index (χ2v) is 3.22. The Kier molecular flexibility index (Phi) is 3.82. The fourth-order valence-corrected chi connectivity index (χ4v) is 1.20. The Labute approximate surface area is 95.6 Å². The quantitative estimate of drug-likeness (QED) is 0.798. The van der Waals surface area contributed by atoms with E-state index >= 15 is 0 Å². The van der Waals surface area contributed by atoms with E-state index in [9.17, 15) is 18.0 Å². The fraction of sp³-hybridized carbons (Fsp3) is 0.300. The van der Waals surface area contributed by atoms with Gasteiger partial charge in [0.2, 0.25) is 0 Å². The first-order valence-corrected chi connectivity index (χ1v) is 4.62. The first-order chi connectivity index (χ1) is 7.85. The molecule has 0 unspecified atom stereocenters. The van der Waals surface area contributed by atoms with Gasteiger partial charge in [-0.15, -0.1) is 0 Å². The lowest BCUT2D eigenvalue weighted by molar-refractivity contribution is -0.123. The largest absolute Gasteiger partial charge is 0.495 e. The average molecular weight is 248 g/mol. The maximum atomic E-state index is 11.9. The Hall–Kier alpha value is -1.92. The number of alkyl halides is 3. The monoisotopic (exact) mass is 248 g/mol. The summed E-state index contributed by atoms with van der Waals surface area (Å²) in [6, 6.07) is 4.30. The van der Waals surface area contributed by atoms with Crippen LogP contribution >= 0.6 is 0 Å². The van der Waals surface area contributed by atoms with E-state index in [4.69, 9.17) is 10.5 Å². The Morgan fingerprint density at radius 3 is 2.65 bits per heavy atom. The summed E-state index contributed by atoms with van der Waals surface area (Å²) in [5.74, 6) is -0.650. The molecule has 3 N–H and O–H groups in total. The lowest BCUT2D eigenvalue weighted by atomic mass is 10.1. The Morgan fingerprint density at radius 1 is 1.47 bits per heavy atom. The van der Waals surface area contributed by atoms with Crippen molar-refractivity contribution in [2.24, 2.45) is 0 Å². The van der Waals surface area contributed by atoms with Gasteiger partial charge in [0, 0.05) is 0 Å². The van der Waals surface area contributed by atoms with Crippen molar-refractivity contribution in [1.82, 2.24) is 5.32 Å². The summed E-state index contributed by atoms with van der Waals surface area (Å²) in [5.41, 5.74) is 5.53. The molecular weight excluding hydrogens is 237 g/mol. The number of methoxy groups -OCH3 is 1. The average Bonchev–Trinajstić information content (AvgIpc) is 2.25. The number of anilines is 1. The third-order valence-corrected chi connectivity index (χ3v) is 1.98. The van der Waals surface area contributed by atoms with Crippen molar-refractivity contribution in [3.63, 3.8) is 0 Å². The van der Waals surface area contributed by atoms with Crippen molar-refractivity contribution < 1.29 is 22.7 Å². The molecule has 0 atom stereocenters. The van der Waals surface area contributed by atoms with Gasteiger partial charge in [0.25, 0.3) is 5.91 Å². The molecule has 0 heterocycles. The molecular formula is C10H11F3N2O2. The van der Waals surface area contributed by atoms with Crippen LogP contribution in [0, 0.1) is 0 Å². The standard InChI is InChI=1S/C10H11F3N2O2/c1-17-7-4-2-3-6(8(7)14)9(16)15-5-10(11,12)13/h2-4H,5,14H2,1H3,(H,15,16). The van der Waals surface area contributed by atoms with Crippen LogP contribution in [0.1, 0.15) is 10.4 Å². The fourth-order valence-electron chi connectivity index (χ4n) is 1.20. The lowest BCUT2D eigenvalue weighted by Crippen LogP contribution is -2.34. The lowest BCUT2D eigenvalue weighted by Gasteiger charge is -2.11. The van der Waals surface area contributed by atoms with Crippen molar-refractivity contribution in [1.29, 1.82) is 0 Å². The second-order valence-electron chi connectivity index (χ2n) is 3.22. The summed E-state index contributed by atoms with van der Waals surface area (Å²) >= 11 is 0. The van der Waals surface area contributed by atoms with Crippen molar-refractivity contribution in [2.45, 2.75) is 6.18 Å². The van der Waals surface area contributed by atoms with Crippen LogP contribution in [0.5, 0.6) is 5.75 Å². The van der Waals surface area contributed by atoms with Gasteiger partial charge in [-0.3, -0.25) is 4.79 Å². The highest BCUT2D eigenvalue weighted by Gasteiger charge is 2.28. The minimum atomic E-state index is -4.46. The van der Waals surface area contributed by atoms with Crippen molar-refractivity contribution in [3.8, 4) is 5.75 Å². The van der Waals surface area contributed by atoms with Crippen LogP contribution in [0.4, 0.5) is 18.9 Å². The van der Waals surface area contributed by atoms with Crippen LogP contribution in [-0.4, -0.2) is 25.7 Å². The molecule has 0 fully saturated rings. The minimum absolute atomic E-state index is 0.00896. The van der Waals surface area contributed by atoms with Gasteiger partial charge in [0.1, 0.15) is 12.3 Å². The van der Waals surface area contributed by atoms with Crippen LogP contribution < -0.4 is 15.8 Å². The molecule has 0 bridgehead atoms. The number of rotatable bonds is 3. The molecule has 4 nitrogen and oxygen atoms in total. The van der Waals surface area contributed by atoms with E-state index in [0.29, 0.717) is 0 Å². The van der Waals surface area contributed by atoms with Gasteiger partial charge in [-0.25, -0.2) is 0 Å². The molecule has 1 amide bonds. The van der Waals surface area contributed by atoms with Crippen LogP contribution in [0.25, 0.3) is 0 Å². The van der Waals surface area contributed by atoms with Gasteiger partial charge < -0.3 is 15.8 Å². The van der Waals surface area contributed by atoms with Gasteiger partial charge >= 0.3 is 6.18 Å². The molecule has 0 aliphatic rings. The maximum Gasteiger partial charge on any atom is 0.405 e. The van der Waals surface area contributed by atoms with Gasteiger partial charge in [-0.05, 0) is 12.1 Å². The number of carbonyl (C=O) groups excluding carboxylic acids is 1. The minimum Gasteiger partial charge on any atom is -0.495 e. The summed E-state index contributed by atoms with van der Waals surface area (Å²) in [5, 5.41) is 1.73. The number of halogens is 3. The van der Waals surface area contributed by atoms with E-state index in [0.717, 1.165) is 0 Å². The molecule has 0 saturated heterocycles. The predicted octanol–water partition coefficient (Wildman–Crippen LogP) is 1.57. The van der Waals surface area contributed by atoms with E-state index in [1.54, 1.807) is 5.32 Å². The molecule has 94 valence electrons. The molecule has 0 aromatic heterocycles. The molecule has 1 aromatic carbocycles. The molecule has 0 radical (unpaired) electrons. The SMILES string of the molecule is COc1cccc(C(=O)NCC(F)(F)F)c1N. The summed E-state index contributed by atoms with van der Waals surface area (Å²) in [7, 11) is 1.35. The third kappa shape index (κ3) is 3.54. The summed E-state index contributed by atoms with van der Waals surface area (Å²) in [6.07, 6.45) is -4.46. The van der Waals surface area contributed by atoms with Crippen molar-refractivity contribution in [2.75, 3.05) is 19.4 Å². The normalized spacial score (nSPS) is 11.1. The number of hydrogen-bond acceptors (Lipinski definition) is 3. The van der Waals surface area contributed by atoms with Crippen molar-refractivity contribution >= 4 is 11.6 Å². The smallest absolute Gasteiger partial charge is 0.405 e. The molecule has 0 aliphatic carbocycles. The summed E-state index contributed by atoms with van der Waals surface area (Å²) in [4.78, 5) is 11.4. The van der Waals surface area contributed by atoms with Gasteiger partial charge in [-0.1, -0.05) is 6.07 Å². The predicted molar refractivity (Wildman–Crippen MR) is 55.8 cm³/mol. The molecule has 0 saturated carbocycles. The first kappa shape index (κ1) is 13.1. The number of para-hydroxylation sites is 1. The number of carbonyl (C=O) groups is 1. The maximum absolute atomic E-state index is 11.9. The van der Waals surface area contributed by atoms with Crippen LogP contribution in [-0.2, 0) is 0 Å². The van der Waals surface area contributed by atoms with E-state index in [-0.39, 0.29) is 17.0 Å². The number of benzene rings is 1. The van der Waals surface area contributed by atoms with Crippen LogP contribution in [0.3, 0.4) is 0 Å². The zero-order valence-electron chi connectivity index (χ0n) is 8.97. The zero-order chi connectivity index (χ0) is 13.1. The highest BCUT2D eigenvalue weighted by molar-refractivity contribution is 6.00. The van der Waals surface area contributed by atoms with Crippen LogP contribution in [0.2, 0.25) is 0 Å². The topological polar surface area (TPSA) is 64.3 Å². The van der Waals surface area contributed by atoms with Crippen LogP contribution in [0.15, 0.2) is 18.2 Å². The highest BCUT2D eigenvalue weighted by atomic mass is 19.4. The number of ether oxygens (including phenoxy) is 1. The van der Waals surface area contributed by atoms with E-state index < -0.39 is 18.6 Å². The number of nitrogen functional groups attached to an aromatic ring is 1. The highest BCUT2D eigenvalue weighted by Crippen LogP contribution is 2.24. The molecule has 1 rings (SSSR count). The number of amides is 1. The number of nitrogens with one attached hydrogen (secondary N) is 1. The molecule has 0 spiro atoms. The van der Waals surface area contributed by atoms with E-state index in [1.807, 2.05) is 0 Å². The second kappa shape index (κ2) is 4.94. The van der Waals surface area contributed by atoms with Gasteiger partial charge in [0.15, 0.2) is 0 Å².